The third-order valence-corrected chi connectivity index (χ3v) is 6.88. The lowest BCUT2D eigenvalue weighted by atomic mass is 9.77. The number of esters is 1. The monoisotopic (exact) mass is 426 g/mol. The molecule has 174 valence electrons. The number of carbonyl (C=O) groups is 1. The number of ether oxygens (including phenoxy) is 1. The Balaban J connectivity index is 1.54. The number of benzene rings is 1. The average molecular weight is 427 g/mol. The first-order valence-electron chi connectivity index (χ1n) is 13.1. The predicted molar refractivity (Wildman–Crippen MR) is 132 cm³/mol. The van der Waals surface area contributed by atoms with Crippen LogP contribution in [0.4, 0.5) is 0 Å². The van der Waals surface area contributed by atoms with Crippen molar-refractivity contribution < 1.29 is 9.53 Å². The van der Waals surface area contributed by atoms with Crippen LogP contribution in [0.5, 0.6) is 0 Å². The summed E-state index contributed by atoms with van der Waals surface area (Å²) in [5, 5.41) is 0. The molecule has 0 saturated heterocycles. The molecule has 1 aliphatic carbocycles. The molecule has 0 aliphatic heterocycles. The standard InChI is InChI=1S/C29H46O2/c1-3-4-5-6-7-8-9-10-11-15-20-27-24-28(22-21-25(27)2)29(30)31-23-16-19-26-17-13-12-14-18-26/h12-14,17-18,21-22,25,27-28H,3-11,15-16,19-20,23-24H2,1-2H3. The fraction of sp³-hybridized carbons (Fsp3) is 0.690. The average Bonchev–Trinajstić information content (AvgIpc) is 2.79. The van der Waals surface area contributed by atoms with E-state index in [-0.39, 0.29) is 11.9 Å². The van der Waals surface area contributed by atoms with Gasteiger partial charge >= 0.3 is 5.97 Å². The van der Waals surface area contributed by atoms with Gasteiger partial charge in [0.15, 0.2) is 0 Å². The van der Waals surface area contributed by atoms with Crippen LogP contribution in [-0.2, 0) is 16.0 Å². The van der Waals surface area contributed by atoms with Gasteiger partial charge in [-0.1, -0.05) is 121 Å². The predicted octanol–water partition coefficient (Wildman–Crippen LogP) is 8.30. The second-order valence-corrected chi connectivity index (χ2v) is 9.57. The molecule has 2 heteroatoms. The minimum Gasteiger partial charge on any atom is -0.465 e. The lowest BCUT2D eigenvalue weighted by Crippen LogP contribution is -2.26. The first kappa shape index (κ1) is 25.7. The van der Waals surface area contributed by atoms with Crippen LogP contribution in [0.1, 0.15) is 103 Å². The summed E-state index contributed by atoms with van der Waals surface area (Å²) >= 11 is 0. The Hall–Kier alpha value is -1.57. The Morgan fingerprint density at radius 1 is 0.871 bits per heavy atom. The Morgan fingerprint density at radius 2 is 1.52 bits per heavy atom. The van der Waals surface area contributed by atoms with Crippen LogP contribution >= 0.6 is 0 Å². The topological polar surface area (TPSA) is 26.3 Å². The van der Waals surface area contributed by atoms with Crippen LogP contribution in [0, 0.1) is 17.8 Å². The Labute approximate surface area is 191 Å². The fourth-order valence-electron chi connectivity index (χ4n) is 4.74. The number of unbranched alkanes of at least 4 members (excludes halogenated alkanes) is 9. The van der Waals surface area contributed by atoms with Gasteiger partial charge in [-0.25, -0.2) is 0 Å². The summed E-state index contributed by atoms with van der Waals surface area (Å²) in [6.45, 7) is 5.11. The number of allylic oxidation sites excluding steroid dienone is 1. The number of rotatable bonds is 16. The number of hydrogen-bond donors (Lipinski definition) is 0. The zero-order valence-corrected chi connectivity index (χ0v) is 20.2. The van der Waals surface area contributed by atoms with Gasteiger partial charge in [-0.15, -0.1) is 0 Å². The van der Waals surface area contributed by atoms with Gasteiger partial charge in [0.25, 0.3) is 0 Å². The van der Waals surface area contributed by atoms with Crippen LogP contribution < -0.4 is 0 Å². The second kappa shape index (κ2) is 16.1. The third-order valence-electron chi connectivity index (χ3n) is 6.88. The quantitative estimate of drug-likeness (QED) is 0.151. The van der Waals surface area contributed by atoms with Gasteiger partial charge in [0, 0.05) is 0 Å². The maximum atomic E-state index is 12.5. The van der Waals surface area contributed by atoms with E-state index in [1.54, 1.807) is 0 Å². The first-order valence-corrected chi connectivity index (χ1v) is 13.1. The van der Waals surface area contributed by atoms with E-state index in [0.717, 1.165) is 19.3 Å². The van der Waals surface area contributed by atoms with Crippen molar-refractivity contribution in [3.63, 3.8) is 0 Å². The number of aryl methyl sites for hydroxylation is 1. The van der Waals surface area contributed by atoms with Crippen LogP contribution in [0.3, 0.4) is 0 Å². The van der Waals surface area contributed by atoms with Gasteiger partial charge in [0.2, 0.25) is 0 Å². The highest BCUT2D eigenvalue weighted by molar-refractivity contribution is 5.74. The molecule has 1 aliphatic rings. The zero-order chi connectivity index (χ0) is 22.2. The van der Waals surface area contributed by atoms with Crippen molar-refractivity contribution >= 4 is 5.97 Å². The van der Waals surface area contributed by atoms with E-state index >= 15 is 0 Å². The Kier molecular flexibility index (Phi) is 13.4. The van der Waals surface area contributed by atoms with Crippen molar-refractivity contribution in [1.29, 1.82) is 0 Å². The van der Waals surface area contributed by atoms with Crippen molar-refractivity contribution in [2.45, 2.75) is 104 Å². The molecule has 1 aromatic rings. The van der Waals surface area contributed by atoms with Gasteiger partial charge in [-0.2, -0.15) is 0 Å². The summed E-state index contributed by atoms with van der Waals surface area (Å²) in [4.78, 5) is 12.5. The molecule has 0 aromatic heterocycles. The van der Waals surface area contributed by atoms with E-state index in [9.17, 15) is 4.79 Å². The molecule has 2 nitrogen and oxygen atoms in total. The first-order chi connectivity index (χ1) is 15.2. The molecular weight excluding hydrogens is 380 g/mol. The largest absolute Gasteiger partial charge is 0.465 e. The van der Waals surface area contributed by atoms with Crippen LogP contribution in [0.15, 0.2) is 42.5 Å². The highest BCUT2D eigenvalue weighted by Crippen LogP contribution is 2.33. The highest BCUT2D eigenvalue weighted by Gasteiger charge is 2.28. The van der Waals surface area contributed by atoms with Gasteiger partial charge < -0.3 is 4.74 Å². The molecule has 0 saturated carbocycles. The summed E-state index contributed by atoms with van der Waals surface area (Å²) in [5.41, 5.74) is 1.31. The minimum absolute atomic E-state index is 0.0238. The van der Waals surface area contributed by atoms with Crippen molar-refractivity contribution in [2.24, 2.45) is 17.8 Å². The molecule has 0 heterocycles. The number of hydrogen-bond acceptors (Lipinski definition) is 2. The van der Waals surface area contributed by atoms with Crippen LogP contribution in [-0.4, -0.2) is 12.6 Å². The molecule has 3 unspecified atom stereocenters. The molecule has 0 amide bonds. The molecule has 2 rings (SSSR count). The zero-order valence-electron chi connectivity index (χ0n) is 20.2. The highest BCUT2D eigenvalue weighted by atomic mass is 16.5. The van der Waals surface area contributed by atoms with E-state index < -0.39 is 0 Å². The molecular formula is C29H46O2. The summed E-state index contributed by atoms with van der Waals surface area (Å²) in [6, 6.07) is 10.4. The van der Waals surface area contributed by atoms with Crippen LogP contribution in [0.25, 0.3) is 0 Å². The van der Waals surface area contributed by atoms with E-state index in [4.69, 9.17) is 4.74 Å². The third kappa shape index (κ3) is 11.0. The van der Waals surface area contributed by atoms with E-state index in [2.05, 4.69) is 50.3 Å². The minimum atomic E-state index is -0.0407. The van der Waals surface area contributed by atoms with Gasteiger partial charge in [0.05, 0.1) is 12.5 Å². The Bertz CT molecular complexity index is 606. The summed E-state index contributed by atoms with van der Waals surface area (Å²) in [7, 11) is 0. The Morgan fingerprint density at radius 3 is 2.19 bits per heavy atom. The van der Waals surface area contributed by atoms with Crippen molar-refractivity contribution in [3.05, 3.63) is 48.0 Å². The summed E-state index contributed by atoms with van der Waals surface area (Å²) < 4.78 is 5.60. The molecule has 31 heavy (non-hydrogen) atoms. The normalized spacial score (nSPS) is 20.6. The van der Waals surface area contributed by atoms with Gasteiger partial charge in [0.1, 0.15) is 0 Å². The van der Waals surface area contributed by atoms with Crippen LogP contribution in [0.2, 0.25) is 0 Å². The maximum Gasteiger partial charge on any atom is 0.312 e. The van der Waals surface area contributed by atoms with E-state index in [0.29, 0.717) is 18.4 Å². The summed E-state index contributed by atoms with van der Waals surface area (Å²) in [5.74, 6) is 1.15. The molecule has 0 N–H and O–H groups in total. The van der Waals surface area contributed by atoms with E-state index in [1.165, 1.54) is 76.2 Å². The number of carbonyl (C=O) groups excluding carboxylic acids is 1. The molecule has 0 radical (unpaired) electrons. The maximum absolute atomic E-state index is 12.5. The molecule has 0 bridgehead atoms. The SMILES string of the molecule is CCCCCCCCCCCCC1CC(C(=O)OCCCc2ccccc2)C=CC1C. The molecule has 3 atom stereocenters. The fourth-order valence-corrected chi connectivity index (χ4v) is 4.74. The second-order valence-electron chi connectivity index (χ2n) is 9.57. The van der Waals surface area contributed by atoms with Crippen molar-refractivity contribution in [2.75, 3.05) is 6.61 Å². The van der Waals surface area contributed by atoms with Gasteiger partial charge in [-0.05, 0) is 43.1 Å². The summed E-state index contributed by atoms with van der Waals surface area (Å²) in [6.07, 6.45) is 22.2. The molecule has 0 fully saturated rings. The lowest BCUT2D eigenvalue weighted by molar-refractivity contribution is -0.147. The lowest BCUT2D eigenvalue weighted by Gasteiger charge is -2.29. The van der Waals surface area contributed by atoms with E-state index in [1.807, 2.05) is 6.07 Å². The van der Waals surface area contributed by atoms with Gasteiger partial charge in [-0.3, -0.25) is 4.79 Å². The smallest absolute Gasteiger partial charge is 0.312 e. The van der Waals surface area contributed by atoms with Crippen molar-refractivity contribution in [3.8, 4) is 0 Å². The molecule has 0 spiro atoms. The molecule has 1 aromatic carbocycles. The van der Waals surface area contributed by atoms with Crippen molar-refractivity contribution in [1.82, 2.24) is 0 Å².